The maximum absolute atomic E-state index is 8.32. The molecule has 2 heteroatoms. The molecule has 0 saturated carbocycles. The highest BCUT2D eigenvalue weighted by atomic mass is 15.2. The number of hydrogen-bond acceptors (Lipinski definition) is 2. The summed E-state index contributed by atoms with van der Waals surface area (Å²) in [6.07, 6.45) is 0. The molecule has 0 aromatic heterocycles. The highest BCUT2D eigenvalue weighted by Crippen LogP contribution is 2.12. The van der Waals surface area contributed by atoms with Gasteiger partial charge in [-0.2, -0.15) is 5.26 Å². The van der Waals surface area contributed by atoms with Crippen LogP contribution in [-0.4, -0.2) is 24.5 Å². The Morgan fingerprint density at radius 2 is 2.38 bits per heavy atom. The van der Waals surface area contributed by atoms with E-state index in [1.807, 2.05) is 0 Å². The van der Waals surface area contributed by atoms with Crippen molar-refractivity contribution in [3.8, 4) is 6.07 Å². The topological polar surface area (TPSA) is 27.0 Å². The third-order valence-corrected chi connectivity index (χ3v) is 1.59. The van der Waals surface area contributed by atoms with Gasteiger partial charge in [0.05, 0.1) is 12.0 Å². The molecule has 1 fully saturated rings. The van der Waals surface area contributed by atoms with Gasteiger partial charge in [-0.1, -0.05) is 6.92 Å². The second kappa shape index (κ2) is 2.15. The molecule has 0 atom stereocenters. The number of nitrogens with zero attached hydrogens (tertiary/aromatic N) is 2. The molecule has 8 heavy (non-hydrogen) atoms. The molecule has 1 rings (SSSR count). The van der Waals surface area contributed by atoms with E-state index in [4.69, 9.17) is 5.26 Å². The third kappa shape index (κ3) is 0.823. The van der Waals surface area contributed by atoms with Gasteiger partial charge < -0.3 is 4.90 Å². The molecule has 1 saturated heterocycles. The number of hydrogen-bond donors (Lipinski definition) is 0. The van der Waals surface area contributed by atoms with Crippen LogP contribution >= 0.6 is 0 Å². The quantitative estimate of drug-likeness (QED) is 0.490. The van der Waals surface area contributed by atoms with Crippen molar-refractivity contribution in [1.29, 1.82) is 5.26 Å². The van der Waals surface area contributed by atoms with Crippen LogP contribution in [0.1, 0.15) is 6.92 Å². The molecular formula is C6H10N2. The fourth-order valence-electron chi connectivity index (χ4n) is 0.910. The molecule has 0 spiro atoms. The summed E-state index contributed by atoms with van der Waals surface area (Å²) in [5, 5.41) is 8.32. The fraction of sp³-hybridized carbons (Fsp3) is 0.833. The van der Waals surface area contributed by atoms with Crippen molar-refractivity contribution in [2.24, 2.45) is 5.92 Å². The Bertz CT molecular complexity index is 108. The van der Waals surface area contributed by atoms with E-state index in [0.717, 1.165) is 19.6 Å². The van der Waals surface area contributed by atoms with Crippen LogP contribution in [0.2, 0.25) is 0 Å². The fourth-order valence-corrected chi connectivity index (χ4v) is 0.910. The number of nitriles is 1. The number of likely N-dealkylation sites (tertiary alicyclic amines) is 1. The molecule has 0 N–H and O–H groups in total. The van der Waals surface area contributed by atoms with E-state index < -0.39 is 0 Å². The van der Waals surface area contributed by atoms with Crippen LogP contribution in [0.25, 0.3) is 0 Å². The zero-order chi connectivity index (χ0) is 5.98. The Labute approximate surface area is 49.7 Å². The standard InChI is InChI=1S/C6H10N2/c1-2-8-4-6(3-7)5-8/h6H,2,4-5H2,1H3. The maximum Gasteiger partial charge on any atom is 0.0717 e. The molecule has 0 unspecified atom stereocenters. The molecule has 1 heterocycles. The van der Waals surface area contributed by atoms with Crippen molar-refractivity contribution in [2.45, 2.75) is 6.92 Å². The van der Waals surface area contributed by atoms with E-state index in [1.165, 1.54) is 0 Å². The van der Waals surface area contributed by atoms with Crippen molar-refractivity contribution >= 4 is 0 Å². The molecule has 1 aliphatic rings. The lowest BCUT2D eigenvalue weighted by molar-refractivity contribution is 0.144. The third-order valence-electron chi connectivity index (χ3n) is 1.59. The summed E-state index contributed by atoms with van der Waals surface area (Å²) in [5.41, 5.74) is 0. The molecule has 0 radical (unpaired) electrons. The van der Waals surface area contributed by atoms with Crippen LogP contribution in [0.4, 0.5) is 0 Å². The predicted octanol–water partition coefficient (Wildman–Crippen LogP) is 0.462. The van der Waals surface area contributed by atoms with Crippen molar-refractivity contribution in [1.82, 2.24) is 4.90 Å². The maximum atomic E-state index is 8.32. The highest BCUT2D eigenvalue weighted by molar-refractivity contribution is 4.94. The van der Waals surface area contributed by atoms with E-state index in [2.05, 4.69) is 17.9 Å². The SMILES string of the molecule is CCN1CC(C#N)C1. The molecule has 1 aliphatic heterocycles. The Morgan fingerprint density at radius 1 is 1.75 bits per heavy atom. The normalized spacial score (nSPS) is 22.0. The van der Waals surface area contributed by atoms with E-state index >= 15 is 0 Å². The van der Waals surface area contributed by atoms with Gasteiger partial charge in [0.2, 0.25) is 0 Å². The number of rotatable bonds is 1. The van der Waals surface area contributed by atoms with Crippen LogP contribution in [0.15, 0.2) is 0 Å². The first-order chi connectivity index (χ1) is 3.86. The van der Waals surface area contributed by atoms with E-state index in [9.17, 15) is 0 Å². The highest BCUT2D eigenvalue weighted by Gasteiger charge is 2.23. The van der Waals surface area contributed by atoms with Crippen LogP contribution in [0, 0.1) is 17.2 Å². The van der Waals surface area contributed by atoms with Crippen molar-refractivity contribution in [3.63, 3.8) is 0 Å². The van der Waals surface area contributed by atoms with Gasteiger partial charge in [0.1, 0.15) is 0 Å². The molecule has 44 valence electrons. The average Bonchev–Trinajstić information content (AvgIpc) is 1.65. The van der Waals surface area contributed by atoms with Gasteiger partial charge in [-0.3, -0.25) is 0 Å². The van der Waals surface area contributed by atoms with Gasteiger partial charge in [0.25, 0.3) is 0 Å². The van der Waals surface area contributed by atoms with E-state index in [1.54, 1.807) is 0 Å². The zero-order valence-electron chi connectivity index (χ0n) is 5.09. The van der Waals surface area contributed by atoms with Crippen LogP contribution in [0.5, 0.6) is 0 Å². The second-order valence-corrected chi connectivity index (χ2v) is 2.18. The van der Waals surface area contributed by atoms with Crippen LogP contribution in [0.3, 0.4) is 0 Å². The largest absolute Gasteiger partial charge is 0.301 e. The smallest absolute Gasteiger partial charge is 0.0717 e. The van der Waals surface area contributed by atoms with Gasteiger partial charge in [-0.25, -0.2) is 0 Å². The summed E-state index contributed by atoms with van der Waals surface area (Å²) in [4.78, 5) is 2.26. The molecule has 0 amide bonds. The van der Waals surface area contributed by atoms with E-state index in [0.29, 0.717) is 5.92 Å². The lowest BCUT2D eigenvalue weighted by atomic mass is 10.0. The minimum absolute atomic E-state index is 0.329. The molecule has 0 aromatic carbocycles. The Morgan fingerprint density at radius 3 is 2.75 bits per heavy atom. The average molecular weight is 110 g/mol. The zero-order valence-corrected chi connectivity index (χ0v) is 5.09. The monoisotopic (exact) mass is 110 g/mol. The molecule has 0 aliphatic carbocycles. The summed E-state index contributed by atoms with van der Waals surface area (Å²) in [6.45, 7) is 5.20. The first kappa shape index (κ1) is 5.58. The summed E-state index contributed by atoms with van der Waals surface area (Å²) in [7, 11) is 0. The molecule has 2 nitrogen and oxygen atoms in total. The Balaban J connectivity index is 2.14. The molecular weight excluding hydrogens is 100 g/mol. The summed E-state index contributed by atoms with van der Waals surface area (Å²) < 4.78 is 0. The first-order valence-corrected chi connectivity index (χ1v) is 2.98. The summed E-state index contributed by atoms with van der Waals surface area (Å²) in [6, 6.07) is 2.22. The van der Waals surface area contributed by atoms with Crippen molar-refractivity contribution < 1.29 is 0 Å². The van der Waals surface area contributed by atoms with Crippen molar-refractivity contribution in [2.75, 3.05) is 19.6 Å². The summed E-state index contributed by atoms with van der Waals surface area (Å²) >= 11 is 0. The Kier molecular flexibility index (Phi) is 1.50. The van der Waals surface area contributed by atoms with Crippen LogP contribution in [-0.2, 0) is 0 Å². The van der Waals surface area contributed by atoms with Gasteiger partial charge >= 0.3 is 0 Å². The minimum atomic E-state index is 0.329. The molecule has 0 aromatic rings. The second-order valence-electron chi connectivity index (χ2n) is 2.18. The predicted molar refractivity (Wildman–Crippen MR) is 31.2 cm³/mol. The van der Waals surface area contributed by atoms with Gasteiger partial charge in [0.15, 0.2) is 0 Å². The minimum Gasteiger partial charge on any atom is -0.301 e. The van der Waals surface area contributed by atoms with Gasteiger partial charge in [-0.15, -0.1) is 0 Å². The lowest BCUT2D eigenvalue weighted by Gasteiger charge is -2.33. The van der Waals surface area contributed by atoms with Gasteiger partial charge in [0, 0.05) is 13.1 Å². The van der Waals surface area contributed by atoms with E-state index in [-0.39, 0.29) is 0 Å². The Hall–Kier alpha value is -0.550. The molecule has 0 bridgehead atoms. The van der Waals surface area contributed by atoms with Crippen LogP contribution < -0.4 is 0 Å². The summed E-state index contributed by atoms with van der Waals surface area (Å²) in [5.74, 6) is 0.329. The van der Waals surface area contributed by atoms with Crippen molar-refractivity contribution in [3.05, 3.63) is 0 Å². The lowest BCUT2D eigenvalue weighted by Crippen LogP contribution is -2.45. The van der Waals surface area contributed by atoms with Gasteiger partial charge in [-0.05, 0) is 6.54 Å². The first-order valence-electron chi connectivity index (χ1n) is 2.98.